The first-order chi connectivity index (χ1) is 13.1. The first-order valence-electron chi connectivity index (χ1n) is 8.38. The van der Waals surface area contributed by atoms with E-state index in [1.54, 1.807) is 12.1 Å². The maximum Gasteiger partial charge on any atom is 0.245 e. The van der Waals surface area contributed by atoms with Gasteiger partial charge in [0.25, 0.3) is 0 Å². The van der Waals surface area contributed by atoms with Crippen molar-refractivity contribution in [1.29, 1.82) is 0 Å². The molecule has 0 aliphatic heterocycles. The van der Waals surface area contributed by atoms with Gasteiger partial charge in [-0.2, -0.15) is 0 Å². The van der Waals surface area contributed by atoms with Crippen LogP contribution < -0.4 is 16.8 Å². The van der Waals surface area contributed by atoms with Crippen LogP contribution >= 0.6 is 0 Å². The number of carbonyl (C=O) groups excluding carboxylic acids is 3. The third-order valence-electron chi connectivity index (χ3n) is 4.17. The first kappa shape index (κ1) is 21.1. The lowest BCUT2D eigenvalue weighted by molar-refractivity contribution is -0.137. The van der Waals surface area contributed by atoms with Gasteiger partial charge in [0.15, 0.2) is 11.3 Å². The third-order valence-corrected chi connectivity index (χ3v) is 4.17. The van der Waals surface area contributed by atoms with E-state index in [2.05, 4.69) is 10.3 Å². The second-order valence-electron chi connectivity index (χ2n) is 6.48. The molecule has 0 bridgehead atoms. The van der Waals surface area contributed by atoms with E-state index in [0.29, 0.717) is 11.6 Å². The van der Waals surface area contributed by atoms with Gasteiger partial charge in [0, 0.05) is 24.9 Å². The molecule has 28 heavy (non-hydrogen) atoms. The maximum atomic E-state index is 13.2. The Morgan fingerprint density at radius 1 is 1.11 bits per heavy atom. The Morgan fingerprint density at radius 3 is 2.21 bits per heavy atom. The molecule has 2 rings (SSSR count). The molecule has 0 aliphatic carbocycles. The molecule has 0 fully saturated rings. The molecule has 1 aromatic carbocycles. The fourth-order valence-corrected chi connectivity index (χ4v) is 2.76. The first-order valence-corrected chi connectivity index (χ1v) is 8.38. The van der Waals surface area contributed by atoms with Crippen LogP contribution in [0.25, 0.3) is 0 Å². The average molecular weight is 390 g/mol. The average Bonchev–Trinajstić information content (AvgIpc) is 2.60. The van der Waals surface area contributed by atoms with Crippen LogP contribution in [-0.4, -0.2) is 34.2 Å². The highest BCUT2D eigenvalue weighted by Gasteiger charge is 2.43. The van der Waals surface area contributed by atoms with Gasteiger partial charge in [-0.1, -0.05) is 0 Å². The van der Waals surface area contributed by atoms with Gasteiger partial charge in [-0.05, 0) is 42.3 Å². The van der Waals surface area contributed by atoms with Crippen molar-refractivity contribution < 1.29 is 23.2 Å². The number of nitrogens with one attached hydrogen (secondary N) is 1. The minimum Gasteiger partial charge on any atom is -0.368 e. The zero-order valence-corrected chi connectivity index (χ0v) is 15.1. The van der Waals surface area contributed by atoms with Crippen molar-refractivity contribution in [3.8, 4) is 0 Å². The summed E-state index contributed by atoms with van der Waals surface area (Å²) in [6.07, 6.45) is 2.43. The number of rotatable bonds is 8. The predicted octanol–water partition coefficient (Wildman–Crippen LogP) is 0.402. The van der Waals surface area contributed by atoms with Crippen molar-refractivity contribution >= 4 is 17.6 Å². The number of primary amides is 1. The number of hydrogen-bond donors (Lipinski definition) is 3. The molecule has 1 unspecified atom stereocenters. The van der Waals surface area contributed by atoms with Crippen LogP contribution in [0.4, 0.5) is 8.78 Å². The van der Waals surface area contributed by atoms with Gasteiger partial charge in [0.1, 0.15) is 11.6 Å². The highest BCUT2D eigenvalue weighted by Crippen LogP contribution is 2.14. The van der Waals surface area contributed by atoms with Crippen LogP contribution in [0.5, 0.6) is 0 Å². The number of halogens is 2. The lowest BCUT2D eigenvalue weighted by Gasteiger charge is -2.28. The third kappa shape index (κ3) is 5.17. The fraction of sp³-hybridized carbons (Fsp3) is 0.263. The number of Topliss-reactive ketones (excluding diaryl/α,β-unsaturated/α-hetero) is 1. The molecule has 2 amide bonds. The number of benzene rings is 1. The SMILES string of the molecule is C[C@H](NC(=O)Cc1cc(F)cc(F)c1)C(=O)C(N)(Cc1ccncc1)C(N)=O. The van der Waals surface area contributed by atoms with Crippen LogP contribution in [0.3, 0.4) is 0 Å². The quantitative estimate of drug-likeness (QED) is 0.562. The molecule has 0 aliphatic rings. The molecular weight excluding hydrogens is 370 g/mol. The zero-order valence-electron chi connectivity index (χ0n) is 15.1. The molecule has 0 radical (unpaired) electrons. The number of ketones is 1. The van der Waals surface area contributed by atoms with E-state index in [1.165, 1.54) is 19.3 Å². The van der Waals surface area contributed by atoms with Gasteiger partial charge in [0.05, 0.1) is 12.5 Å². The fourth-order valence-electron chi connectivity index (χ4n) is 2.76. The minimum atomic E-state index is -2.04. The van der Waals surface area contributed by atoms with Crippen LogP contribution in [0.15, 0.2) is 42.7 Å². The number of amides is 2. The Bertz CT molecular complexity index is 872. The smallest absolute Gasteiger partial charge is 0.245 e. The van der Waals surface area contributed by atoms with E-state index in [1.807, 2.05) is 0 Å². The van der Waals surface area contributed by atoms with E-state index in [9.17, 15) is 23.2 Å². The lowest BCUT2D eigenvalue weighted by atomic mass is 9.84. The highest BCUT2D eigenvalue weighted by molar-refractivity contribution is 6.12. The predicted molar refractivity (Wildman–Crippen MR) is 96.7 cm³/mol. The molecule has 2 aromatic rings. The molecule has 0 spiro atoms. The van der Waals surface area contributed by atoms with Gasteiger partial charge in [-0.3, -0.25) is 19.4 Å². The van der Waals surface area contributed by atoms with Crippen LogP contribution in [0.2, 0.25) is 0 Å². The van der Waals surface area contributed by atoms with Gasteiger partial charge in [0.2, 0.25) is 11.8 Å². The standard InChI is InChI=1S/C19H20F2N4O3/c1-11(25-16(26)8-13-6-14(20)9-15(21)7-13)17(27)19(23,18(22)28)10-12-2-4-24-5-3-12/h2-7,9,11H,8,10,23H2,1H3,(H2,22,28)(H,25,26)/t11-,19?/m0/s1. The zero-order chi connectivity index (χ0) is 20.9. The van der Waals surface area contributed by atoms with Crippen molar-refractivity contribution in [1.82, 2.24) is 10.3 Å². The molecule has 9 heteroatoms. The number of hydrogen-bond acceptors (Lipinski definition) is 5. The normalized spacial score (nSPS) is 14.0. The second-order valence-corrected chi connectivity index (χ2v) is 6.48. The summed E-state index contributed by atoms with van der Waals surface area (Å²) in [7, 11) is 0. The molecule has 1 aromatic heterocycles. The van der Waals surface area contributed by atoms with Gasteiger partial charge in [-0.15, -0.1) is 0 Å². The highest BCUT2D eigenvalue weighted by atomic mass is 19.1. The van der Waals surface area contributed by atoms with Crippen LogP contribution in [0, 0.1) is 11.6 Å². The van der Waals surface area contributed by atoms with Crippen LogP contribution in [0.1, 0.15) is 18.1 Å². The Balaban J connectivity index is 2.09. The molecule has 1 heterocycles. The minimum absolute atomic E-state index is 0.0975. The van der Waals surface area contributed by atoms with Gasteiger partial charge in [-0.25, -0.2) is 8.78 Å². The van der Waals surface area contributed by atoms with E-state index in [0.717, 1.165) is 12.1 Å². The number of carbonyl (C=O) groups is 3. The molecule has 148 valence electrons. The second kappa shape index (κ2) is 8.66. The number of aromatic nitrogens is 1. The van der Waals surface area contributed by atoms with Crippen LogP contribution in [-0.2, 0) is 27.2 Å². The Morgan fingerprint density at radius 2 is 1.68 bits per heavy atom. The largest absolute Gasteiger partial charge is 0.368 e. The maximum absolute atomic E-state index is 13.2. The van der Waals surface area contributed by atoms with Crippen molar-refractivity contribution in [2.45, 2.75) is 31.3 Å². The summed E-state index contributed by atoms with van der Waals surface area (Å²) >= 11 is 0. The van der Waals surface area contributed by atoms with Crippen molar-refractivity contribution in [3.05, 3.63) is 65.5 Å². The van der Waals surface area contributed by atoms with Crippen molar-refractivity contribution in [3.63, 3.8) is 0 Å². The monoisotopic (exact) mass is 390 g/mol. The van der Waals surface area contributed by atoms with Crippen molar-refractivity contribution in [2.75, 3.05) is 0 Å². The summed E-state index contributed by atoms with van der Waals surface area (Å²) in [5.74, 6) is -4.13. The summed E-state index contributed by atoms with van der Waals surface area (Å²) in [6, 6.07) is 4.72. The van der Waals surface area contributed by atoms with E-state index in [4.69, 9.17) is 11.5 Å². The van der Waals surface area contributed by atoms with E-state index >= 15 is 0 Å². The number of pyridine rings is 1. The topological polar surface area (TPSA) is 128 Å². The molecule has 2 atom stereocenters. The van der Waals surface area contributed by atoms with Gasteiger partial charge >= 0.3 is 0 Å². The molecule has 5 N–H and O–H groups in total. The van der Waals surface area contributed by atoms with E-state index < -0.39 is 40.8 Å². The van der Waals surface area contributed by atoms with Gasteiger partial charge < -0.3 is 16.8 Å². The molecular formula is C19H20F2N4O3. The summed E-state index contributed by atoms with van der Waals surface area (Å²) < 4.78 is 26.4. The van der Waals surface area contributed by atoms with E-state index in [-0.39, 0.29) is 18.4 Å². The molecule has 7 nitrogen and oxygen atoms in total. The molecule has 0 saturated heterocycles. The number of nitrogens with zero attached hydrogens (tertiary/aromatic N) is 1. The summed E-state index contributed by atoms with van der Waals surface area (Å²) in [5.41, 5.74) is 9.96. The summed E-state index contributed by atoms with van der Waals surface area (Å²) in [5, 5.41) is 2.38. The Hall–Kier alpha value is -3.20. The summed E-state index contributed by atoms with van der Waals surface area (Å²) in [6.45, 7) is 1.35. The molecule has 0 saturated carbocycles. The number of nitrogens with two attached hydrogens (primary N) is 2. The Kier molecular flexibility index (Phi) is 6.53. The van der Waals surface area contributed by atoms with Crippen molar-refractivity contribution in [2.24, 2.45) is 11.5 Å². The summed E-state index contributed by atoms with van der Waals surface area (Å²) in [4.78, 5) is 40.6. The lowest BCUT2D eigenvalue weighted by Crippen LogP contribution is -2.64. The Labute approximate surface area is 160 Å².